The average Bonchev–Trinajstić information content (AvgIpc) is 2.47. The molecule has 0 atom stereocenters. The van der Waals surface area contributed by atoms with Crippen LogP contribution in [0.5, 0.6) is 0 Å². The fraction of sp³-hybridized carbons (Fsp3) is 0.250. The monoisotopic (exact) mass is 355 g/mol. The van der Waals surface area contributed by atoms with Crippen LogP contribution < -0.4 is 4.72 Å². The van der Waals surface area contributed by atoms with E-state index in [-0.39, 0.29) is 9.92 Å². The molecule has 0 radical (unpaired) electrons. The first-order valence-corrected chi connectivity index (χ1v) is 9.88. The van der Waals surface area contributed by atoms with Crippen molar-refractivity contribution in [3.05, 3.63) is 64.7 Å². The van der Waals surface area contributed by atoms with Crippen LogP contribution in [0.1, 0.15) is 11.1 Å². The summed E-state index contributed by atoms with van der Waals surface area (Å²) in [6.45, 7) is 2.25. The van der Waals surface area contributed by atoms with Crippen LogP contribution in [0.3, 0.4) is 0 Å². The highest BCUT2D eigenvalue weighted by atomic mass is 35.5. The molecule has 0 aliphatic rings. The predicted octanol–water partition coefficient (Wildman–Crippen LogP) is 3.86. The second-order valence-corrected chi connectivity index (χ2v) is 8.12. The molecule has 0 saturated heterocycles. The minimum Gasteiger partial charge on any atom is -0.210 e. The normalized spacial score (nSPS) is 11.5. The number of aryl methyl sites for hydroxylation is 1. The molecule has 0 spiro atoms. The van der Waals surface area contributed by atoms with Gasteiger partial charge >= 0.3 is 0 Å². The Bertz CT molecular complexity index is 718. The maximum absolute atomic E-state index is 12.2. The van der Waals surface area contributed by atoms with Gasteiger partial charge in [-0.1, -0.05) is 48.0 Å². The molecule has 0 heterocycles. The van der Waals surface area contributed by atoms with E-state index in [1.165, 1.54) is 11.6 Å². The average molecular weight is 356 g/mol. The Kier molecular flexibility index (Phi) is 6.32. The van der Waals surface area contributed by atoms with E-state index in [1.54, 1.807) is 23.9 Å². The zero-order chi connectivity index (χ0) is 16.0. The molecular weight excluding hydrogens is 338 g/mol. The Morgan fingerprint density at radius 3 is 2.55 bits per heavy atom. The summed E-state index contributed by atoms with van der Waals surface area (Å²) in [5, 5.41) is 0.254. The molecule has 0 amide bonds. The molecule has 1 N–H and O–H groups in total. The van der Waals surface area contributed by atoms with Gasteiger partial charge in [-0.05, 0) is 30.2 Å². The van der Waals surface area contributed by atoms with Crippen molar-refractivity contribution in [2.24, 2.45) is 0 Å². The van der Waals surface area contributed by atoms with Gasteiger partial charge in [0.05, 0.1) is 5.02 Å². The van der Waals surface area contributed by atoms with Gasteiger partial charge in [0.1, 0.15) is 4.90 Å². The van der Waals surface area contributed by atoms with Gasteiger partial charge < -0.3 is 0 Å². The molecule has 0 aliphatic heterocycles. The SMILES string of the molecule is Cc1ccc(S(=O)(=O)NCCSCc2ccccc2)c(Cl)c1. The number of benzene rings is 2. The van der Waals surface area contributed by atoms with Crippen molar-refractivity contribution in [1.82, 2.24) is 4.72 Å². The topological polar surface area (TPSA) is 46.2 Å². The molecular formula is C16H18ClNO2S2. The summed E-state index contributed by atoms with van der Waals surface area (Å²) in [6.07, 6.45) is 0. The first kappa shape index (κ1) is 17.3. The summed E-state index contributed by atoms with van der Waals surface area (Å²) in [7, 11) is -3.55. The van der Waals surface area contributed by atoms with Crippen molar-refractivity contribution in [1.29, 1.82) is 0 Å². The lowest BCUT2D eigenvalue weighted by Gasteiger charge is -2.09. The third-order valence-corrected chi connectivity index (χ3v) is 6.00. The Morgan fingerprint density at radius 1 is 1.14 bits per heavy atom. The largest absolute Gasteiger partial charge is 0.242 e. The summed E-state index contributed by atoms with van der Waals surface area (Å²) in [4.78, 5) is 0.132. The van der Waals surface area contributed by atoms with E-state index in [4.69, 9.17) is 11.6 Å². The van der Waals surface area contributed by atoms with Gasteiger partial charge in [-0.15, -0.1) is 0 Å². The van der Waals surface area contributed by atoms with E-state index in [2.05, 4.69) is 16.9 Å². The molecule has 0 fully saturated rings. The smallest absolute Gasteiger partial charge is 0.210 e. The number of sulfonamides is 1. The summed E-state index contributed by atoms with van der Waals surface area (Å²) >= 11 is 7.70. The minimum absolute atomic E-state index is 0.132. The van der Waals surface area contributed by atoms with Crippen molar-refractivity contribution in [2.45, 2.75) is 17.6 Å². The highest BCUT2D eigenvalue weighted by Gasteiger charge is 2.16. The quantitative estimate of drug-likeness (QED) is 0.767. The maximum Gasteiger partial charge on any atom is 0.242 e. The Hall–Kier alpha value is -1.01. The number of rotatable bonds is 7. The summed E-state index contributed by atoms with van der Waals surface area (Å²) in [5.41, 5.74) is 2.17. The van der Waals surface area contributed by atoms with E-state index >= 15 is 0 Å². The number of nitrogens with one attached hydrogen (secondary N) is 1. The van der Waals surface area contributed by atoms with Gasteiger partial charge in [-0.3, -0.25) is 0 Å². The van der Waals surface area contributed by atoms with Crippen molar-refractivity contribution >= 4 is 33.4 Å². The number of hydrogen-bond acceptors (Lipinski definition) is 3. The van der Waals surface area contributed by atoms with Gasteiger partial charge in [0.2, 0.25) is 10.0 Å². The van der Waals surface area contributed by atoms with Crippen LogP contribution in [0.2, 0.25) is 5.02 Å². The standard InChI is InChI=1S/C16H18ClNO2S2/c1-13-7-8-16(15(17)11-13)22(19,20)18-9-10-21-12-14-5-3-2-4-6-14/h2-8,11,18H,9-10,12H2,1H3. The van der Waals surface area contributed by atoms with Crippen LogP contribution in [-0.4, -0.2) is 20.7 Å². The van der Waals surface area contributed by atoms with Crippen molar-refractivity contribution < 1.29 is 8.42 Å². The second-order valence-electron chi connectivity index (χ2n) is 4.87. The lowest BCUT2D eigenvalue weighted by Crippen LogP contribution is -2.26. The molecule has 0 unspecified atom stereocenters. The Balaban J connectivity index is 1.83. The fourth-order valence-electron chi connectivity index (χ4n) is 1.91. The van der Waals surface area contributed by atoms with E-state index in [0.717, 1.165) is 11.3 Å². The van der Waals surface area contributed by atoms with Crippen LogP contribution in [-0.2, 0) is 15.8 Å². The predicted molar refractivity (Wildman–Crippen MR) is 94.0 cm³/mol. The zero-order valence-corrected chi connectivity index (χ0v) is 14.6. The van der Waals surface area contributed by atoms with Crippen molar-refractivity contribution in [3.8, 4) is 0 Å². The molecule has 3 nitrogen and oxygen atoms in total. The Labute approximate surface area is 141 Å². The van der Waals surface area contributed by atoms with Crippen LogP contribution in [0.15, 0.2) is 53.4 Å². The lowest BCUT2D eigenvalue weighted by molar-refractivity contribution is 0.584. The lowest BCUT2D eigenvalue weighted by atomic mass is 10.2. The molecule has 0 aliphatic carbocycles. The minimum atomic E-state index is -3.55. The van der Waals surface area contributed by atoms with Crippen molar-refractivity contribution in [2.75, 3.05) is 12.3 Å². The summed E-state index contributed by atoms with van der Waals surface area (Å²) in [6, 6.07) is 15.0. The maximum atomic E-state index is 12.2. The molecule has 118 valence electrons. The second kappa shape index (κ2) is 8.02. The molecule has 2 aromatic rings. The molecule has 2 aromatic carbocycles. The third-order valence-electron chi connectivity index (χ3n) is 3.03. The van der Waals surface area contributed by atoms with Crippen molar-refractivity contribution in [3.63, 3.8) is 0 Å². The molecule has 0 saturated carbocycles. The molecule has 22 heavy (non-hydrogen) atoms. The van der Waals surface area contributed by atoms with Crippen LogP contribution in [0.25, 0.3) is 0 Å². The number of halogens is 1. The molecule has 0 aromatic heterocycles. The van der Waals surface area contributed by atoms with Gasteiger partial charge in [-0.25, -0.2) is 13.1 Å². The van der Waals surface area contributed by atoms with Crippen LogP contribution in [0, 0.1) is 6.92 Å². The van der Waals surface area contributed by atoms with E-state index in [0.29, 0.717) is 12.3 Å². The van der Waals surface area contributed by atoms with Gasteiger partial charge in [-0.2, -0.15) is 11.8 Å². The number of thioether (sulfide) groups is 1. The summed E-state index contributed by atoms with van der Waals surface area (Å²) in [5.74, 6) is 1.57. The first-order valence-electron chi connectivity index (χ1n) is 6.86. The first-order chi connectivity index (χ1) is 10.5. The fourth-order valence-corrected chi connectivity index (χ4v) is 4.49. The van der Waals surface area contributed by atoms with Crippen LogP contribution in [0.4, 0.5) is 0 Å². The van der Waals surface area contributed by atoms with E-state index in [1.807, 2.05) is 25.1 Å². The van der Waals surface area contributed by atoms with Gasteiger partial charge in [0, 0.05) is 18.1 Å². The Morgan fingerprint density at radius 2 is 1.86 bits per heavy atom. The van der Waals surface area contributed by atoms with Gasteiger partial charge in [0.25, 0.3) is 0 Å². The third kappa shape index (κ3) is 5.02. The van der Waals surface area contributed by atoms with Gasteiger partial charge in [0.15, 0.2) is 0 Å². The van der Waals surface area contributed by atoms with Crippen LogP contribution >= 0.6 is 23.4 Å². The zero-order valence-electron chi connectivity index (χ0n) is 12.3. The summed E-state index contributed by atoms with van der Waals surface area (Å²) < 4.78 is 27.0. The molecule has 6 heteroatoms. The van der Waals surface area contributed by atoms with E-state index < -0.39 is 10.0 Å². The highest BCUT2D eigenvalue weighted by molar-refractivity contribution is 7.98. The molecule has 0 bridgehead atoms. The molecule has 2 rings (SSSR count). The number of hydrogen-bond donors (Lipinski definition) is 1. The highest BCUT2D eigenvalue weighted by Crippen LogP contribution is 2.22. The van der Waals surface area contributed by atoms with E-state index in [9.17, 15) is 8.42 Å².